The molecule has 1 aromatic carbocycles. The second-order valence-electron chi connectivity index (χ2n) is 7.22. The molecule has 1 unspecified atom stereocenters. The monoisotopic (exact) mass is 312 g/mol. The van der Waals surface area contributed by atoms with Gasteiger partial charge >= 0.3 is 0 Å². The highest BCUT2D eigenvalue weighted by Gasteiger charge is 2.40. The van der Waals surface area contributed by atoms with Gasteiger partial charge < -0.3 is 15.6 Å². The minimum absolute atomic E-state index is 0.0241. The van der Waals surface area contributed by atoms with E-state index in [1.807, 2.05) is 18.5 Å². The summed E-state index contributed by atoms with van der Waals surface area (Å²) in [5.41, 5.74) is 15.7. The van der Waals surface area contributed by atoms with Crippen LogP contribution in [-0.4, -0.2) is 15.5 Å². The van der Waals surface area contributed by atoms with E-state index in [1.54, 1.807) is 6.33 Å². The first kappa shape index (κ1) is 15.6. The maximum atomic E-state index is 6.77. The Morgan fingerprint density at radius 3 is 2.61 bits per heavy atom. The molecule has 5 N–H and O–H groups in total. The molecule has 0 saturated carbocycles. The van der Waals surface area contributed by atoms with Gasteiger partial charge in [-0.3, -0.25) is 5.73 Å². The molecule has 0 spiro atoms. The topological polar surface area (TPSA) is 94.2 Å². The lowest BCUT2D eigenvalue weighted by Gasteiger charge is -2.33. The van der Waals surface area contributed by atoms with E-state index in [4.69, 9.17) is 11.5 Å². The van der Waals surface area contributed by atoms with Crippen molar-refractivity contribution in [3.63, 3.8) is 0 Å². The summed E-state index contributed by atoms with van der Waals surface area (Å²) in [5, 5.41) is 2.99. The summed E-state index contributed by atoms with van der Waals surface area (Å²) in [5.74, 6) is 0.933. The third-order valence-electron chi connectivity index (χ3n) is 4.36. The molecule has 0 radical (unpaired) electrons. The smallest absolute Gasteiger partial charge is 0.196 e. The number of hydrogen-bond acceptors (Lipinski definition) is 5. The molecule has 2 aromatic rings. The molecule has 3 rings (SSSR count). The number of aromatic nitrogens is 2. The number of imidazole rings is 1. The number of rotatable bonds is 1. The largest absolute Gasteiger partial charge is 0.370 e. The highest BCUT2D eigenvalue weighted by Crippen LogP contribution is 2.38. The maximum absolute atomic E-state index is 6.77. The number of guanidine groups is 1. The average molecular weight is 312 g/mol. The minimum atomic E-state index is -1.05. The minimum Gasteiger partial charge on any atom is -0.370 e. The molecule has 0 aliphatic carbocycles. The van der Waals surface area contributed by atoms with Gasteiger partial charge in [0, 0.05) is 12.6 Å². The number of aliphatic imine (C=N–C) groups is 1. The number of nitrogens with zero attached hydrogens (tertiary/aromatic N) is 3. The Morgan fingerprint density at radius 1 is 1.26 bits per heavy atom. The van der Waals surface area contributed by atoms with Gasteiger partial charge in [0.05, 0.1) is 6.33 Å². The molecule has 0 saturated heterocycles. The first-order valence-corrected chi connectivity index (χ1v) is 7.67. The molecule has 6 nitrogen and oxygen atoms in total. The average Bonchev–Trinajstić information content (AvgIpc) is 2.79. The molecule has 0 fully saturated rings. The molecule has 23 heavy (non-hydrogen) atoms. The lowest BCUT2D eigenvalue weighted by molar-refractivity contribution is 0.517. The molecule has 0 bridgehead atoms. The molecular weight excluding hydrogens is 288 g/mol. The third-order valence-corrected chi connectivity index (χ3v) is 4.36. The third kappa shape index (κ3) is 2.39. The number of nitrogens with one attached hydrogen (secondary N) is 1. The molecule has 2 heterocycles. The molecule has 0 amide bonds. The fourth-order valence-electron chi connectivity index (χ4n) is 3.05. The van der Waals surface area contributed by atoms with E-state index >= 15 is 0 Å². The zero-order valence-electron chi connectivity index (χ0n) is 14.3. The number of aryl methyl sites for hydroxylation is 2. The second kappa shape index (κ2) is 4.83. The van der Waals surface area contributed by atoms with Crippen molar-refractivity contribution < 1.29 is 0 Å². The zero-order valence-corrected chi connectivity index (χ0v) is 14.3. The van der Waals surface area contributed by atoms with Gasteiger partial charge in [0.1, 0.15) is 5.69 Å². The van der Waals surface area contributed by atoms with Crippen LogP contribution in [-0.2, 0) is 18.1 Å². The van der Waals surface area contributed by atoms with Gasteiger partial charge in [-0.25, -0.2) is 9.98 Å². The summed E-state index contributed by atoms with van der Waals surface area (Å²) in [6.45, 7) is 8.58. The quantitative estimate of drug-likeness (QED) is 0.750. The van der Waals surface area contributed by atoms with Gasteiger partial charge in [-0.1, -0.05) is 39.0 Å². The van der Waals surface area contributed by atoms with Crippen LogP contribution in [0.1, 0.15) is 43.2 Å². The van der Waals surface area contributed by atoms with E-state index in [0.717, 1.165) is 16.8 Å². The lowest BCUT2D eigenvalue weighted by Crippen LogP contribution is -2.45. The maximum Gasteiger partial charge on any atom is 0.196 e. The van der Waals surface area contributed by atoms with Crippen LogP contribution in [0.25, 0.3) is 0 Å². The normalized spacial score (nSPS) is 20.7. The van der Waals surface area contributed by atoms with Gasteiger partial charge in [-0.05, 0) is 23.5 Å². The zero-order chi connectivity index (χ0) is 17.0. The van der Waals surface area contributed by atoms with Crippen molar-refractivity contribution in [2.45, 2.75) is 38.8 Å². The first-order valence-electron chi connectivity index (χ1n) is 7.67. The van der Waals surface area contributed by atoms with Crippen LogP contribution in [0.4, 0.5) is 5.82 Å². The van der Waals surface area contributed by atoms with E-state index in [-0.39, 0.29) is 11.4 Å². The van der Waals surface area contributed by atoms with Gasteiger partial charge in [0.25, 0.3) is 0 Å². The van der Waals surface area contributed by atoms with E-state index < -0.39 is 5.66 Å². The highest BCUT2D eigenvalue weighted by atomic mass is 15.3. The van der Waals surface area contributed by atoms with Crippen LogP contribution in [0.5, 0.6) is 0 Å². The predicted octanol–water partition coefficient (Wildman–Crippen LogP) is 1.93. The van der Waals surface area contributed by atoms with Crippen LogP contribution in [0.2, 0.25) is 0 Å². The summed E-state index contributed by atoms with van der Waals surface area (Å²) >= 11 is 0. The SMILES string of the molecule is Cc1ccc(C(C)(C)C)cc1C1(N)N=C(N)Nc2ncn(C)c21. The van der Waals surface area contributed by atoms with Gasteiger partial charge in [-0.15, -0.1) is 0 Å². The van der Waals surface area contributed by atoms with Crippen LogP contribution in [0.3, 0.4) is 0 Å². The molecule has 6 heteroatoms. The van der Waals surface area contributed by atoms with Crippen molar-refractivity contribution in [1.29, 1.82) is 0 Å². The van der Waals surface area contributed by atoms with E-state index in [9.17, 15) is 0 Å². The summed E-state index contributed by atoms with van der Waals surface area (Å²) in [4.78, 5) is 8.88. The number of nitrogens with two attached hydrogens (primary N) is 2. The molecule has 1 aliphatic rings. The van der Waals surface area contributed by atoms with Crippen molar-refractivity contribution in [3.8, 4) is 0 Å². The summed E-state index contributed by atoms with van der Waals surface area (Å²) in [7, 11) is 1.91. The Kier molecular flexibility index (Phi) is 3.26. The summed E-state index contributed by atoms with van der Waals surface area (Å²) < 4.78 is 1.89. The van der Waals surface area contributed by atoms with Crippen LogP contribution < -0.4 is 16.8 Å². The Labute approximate surface area is 136 Å². The second-order valence-corrected chi connectivity index (χ2v) is 7.22. The Balaban J connectivity index is 2.28. The van der Waals surface area contributed by atoms with Crippen molar-refractivity contribution >= 4 is 11.8 Å². The van der Waals surface area contributed by atoms with Gasteiger partial charge in [0.2, 0.25) is 0 Å². The molecule has 122 valence electrons. The van der Waals surface area contributed by atoms with Gasteiger partial charge in [-0.2, -0.15) is 0 Å². The van der Waals surface area contributed by atoms with Crippen molar-refractivity contribution in [2.75, 3.05) is 5.32 Å². The number of benzene rings is 1. The summed E-state index contributed by atoms with van der Waals surface area (Å²) in [6, 6.07) is 6.36. The molecule has 1 aromatic heterocycles. The highest BCUT2D eigenvalue weighted by molar-refractivity contribution is 5.94. The Morgan fingerprint density at radius 2 is 1.96 bits per heavy atom. The Bertz CT molecular complexity index is 796. The van der Waals surface area contributed by atoms with Crippen molar-refractivity contribution in [3.05, 3.63) is 46.9 Å². The van der Waals surface area contributed by atoms with E-state index in [0.29, 0.717) is 5.82 Å². The van der Waals surface area contributed by atoms with Crippen LogP contribution in [0, 0.1) is 6.92 Å². The number of fused-ring (bicyclic) bond motifs is 1. The molecule has 1 atom stereocenters. The van der Waals surface area contributed by atoms with Crippen LogP contribution >= 0.6 is 0 Å². The molecule has 1 aliphatic heterocycles. The van der Waals surface area contributed by atoms with Crippen LogP contribution in [0.15, 0.2) is 29.5 Å². The lowest BCUT2D eigenvalue weighted by atomic mass is 9.82. The van der Waals surface area contributed by atoms with Gasteiger partial charge in [0.15, 0.2) is 17.4 Å². The number of hydrogen-bond donors (Lipinski definition) is 3. The Hall–Kier alpha value is -2.34. The standard InChI is InChI=1S/C17H24N6/c1-10-6-7-11(16(2,3)4)8-12(10)17(19)13-14(20-9-23(13)5)21-15(18)22-17/h6-9H,19H2,1-5H3,(H3,18,21,22). The molecular formula is C17H24N6. The van der Waals surface area contributed by atoms with Crippen molar-refractivity contribution in [1.82, 2.24) is 9.55 Å². The van der Waals surface area contributed by atoms with E-state index in [2.05, 4.69) is 54.3 Å². The predicted molar refractivity (Wildman–Crippen MR) is 93.3 cm³/mol. The summed E-state index contributed by atoms with van der Waals surface area (Å²) in [6.07, 6.45) is 1.72. The fourth-order valence-corrected chi connectivity index (χ4v) is 3.05. The number of anilines is 1. The fraction of sp³-hybridized carbons (Fsp3) is 0.412. The van der Waals surface area contributed by atoms with E-state index in [1.165, 1.54) is 5.56 Å². The van der Waals surface area contributed by atoms with Crippen molar-refractivity contribution in [2.24, 2.45) is 23.5 Å². The first-order chi connectivity index (χ1) is 10.6.